The minimum Gasteiger partial charge on any atom is -0.334 e. The van der Waals surface area contributed by atoms with Gasteiger partial charge < -0.3 is 10.6 Å². The van der Waals surface area contributed by atoms with Crippen LogP contribution in [0.2, 0.25) is 0 Å². The molecule has 0 spiro atoms. The molecule has 0 bridgehead atoms. The van der Waals surface area contributed by atoms with E-state index in [-0.39, 0.29) is 24.2 Å². The highest BCUT2D eigenvalue weighted by Crippen LogP contribution is 2.11. The summed E-state index contributed by atoms with van der Waals surface area (Å²) in [4.78, 5) is 11.7. The summed E-state index contributed by atoms with van der Waals surface area (Å²) in [6.45, 7) is 0.0970. The van der Waals surface area contributed by atoms with Crippen LogP contribution in [0.4, 0.5) is 9.18 Å². The van der Waals surface area contributed by atoms with Gasteiger partial charge in [-0.1, -0.05) is 18.2 Å². The predicted octanol–water partition coefficient (Wildman–Crippen LogP) is 2.61. The van der Waals surface area contributed by atoms with Gasteiger partial charge in [0.05, 0.1) is 11.6 Å². The molecule has 4 nitrogen and oxygen atoms in total. The molecule has 0 fully saturated rings. The summed E-state index contributed by atoms with van der Waals surface area (Å²) in [5, 5.41) is 14.1. The number of halogens is 1. The number of amides is 2. The van der Waals surface area contributed by atoms with Gasteiger partial charge >= 0.3 is 6.03 Å². The molecule has 1 aliphatic rings. The SMILES string of the molecule is N#Cc1ccc(CNC(=O)N[C@H]2C=CCCC2)c(F)c1. The second-order valence-corrected chi connectivity index (χ2v) is 4.71. The van der Waals surface area contributed by atoms with Crippen LogP contribution in [0.5, 0.6) is 0 Å². The summed E-state index contributed by atoms with van der Waals surface area (Å²) in [5.41, 5.74) is 0.626. The number of nitriles is 1. The van der Waals surface area contributed by atoms with Crippen LogP contribution in [0.1, 0.15) is 30.4 Å². The fourth-order valence-corrected chi connectivity index (χ4v) is 2.09. The maximum absolute atomic E-state index is 13.6. The molecule has 0 saturated heterocycles. The first-order chi connectivity index (χ1) is 9.69. The topological polar surface area (TPSA) is 64.9 Å². The van der Waals surface area contributed by atoms with E-state index in [1.807, 2.05) is 12.1 Å². The van der Waals surface area contributed by atoms with Crippen molar-refractivity contribution < 1.29 is 9.18 Å². The van der Waals surface area contributed by atoms with Crippen LogP contribution in [0.3, 0.4) is 0 Å². The van der Waals surface area contributed by atoms with E-state index in [4.69, 9.17) is 5.26 Å². The third kappa shape index (κ3) is 3.82. The lowest BCUT2D eigenvalue weighted by Gasteiger charge is -2.18. The summed E-state index contributed by atoms with van der Waals surface area (Å²) in [6.07, 6.45) is 7.07. The van der Waals surface area contributed by atoms with Gasteiger partial charge in [0, 0.05) is 18.2 Å². The number of hydrogen-bond donors (Lipinski definition) is 2. The molecule has 1 aliphatic carbocycles. The summed E-state index contributed by atoms with van der Waals surface area (Å²) in [7, 11) is 0. The molecule has 1 aromatic carbocycles. The normalized spacial score (nSPS) is 17.3. The molecule has 2 rings (SSSR count). The molecule has 0 aliphatic heterocycles. The molecule has 0 aromatic heterocycles. The molecular weight excluding hydrogens is 257 g/mol. The summed E-state index contributed by atoms with van der Waals surface area (Å²) in [5.74, 6) is -0.484. The highest BCUT2D eigenvalue weighted by molar-refractivity contribution is 5.74. The van der Waals surface area contributed by atoms with Crippen molar-refractivity contribution >= 4 is 6.03 Å². The van der Waals surface area contributed by atoms with Crippen molar-refractivity contribution in [3.63, 3.8) is 0 Å². The zero-order valence-corrected chi connectivity index (χ0v) is 11.0. The van der Waals surface area contributed by atoms with Crippen molar-refractivity contribution in [1.82, 2.24) is 10.6 Å². The van der Waals surface area contributed by atoms with Crippen LogP contribution < -0.4 is 10.6 Å². The standard InChI is InChI=1S/C15H16FN3O/c16-14-8-11(9-17)6-7-12(14)10-18-15(20)19-13-4-2-1-3-5-13/h2,4,6-8,13H,1,3,5,10H2,(H2,18,19,20)/t13-/m0/s1. The molecule has 2 N–H and O–H groups in total. The van der Waals surface area contributed by atoms with Gasteiger partial charge in [-0.2, -0.15) is 5.26 Å². The van der Waals surface area contributed by atoms with E-state index >= 15 is 0 Å². The maximum atomic E-state index is 13.6. The number of hydrogen-bond acceptors (Lipinski definition) is 2. The number of carbonyl (C=O) groups is 1. The van der Waals surface area contributed by atoms with Gasteiger partial charge in [0.1, 0.15) is 5.82 Å². The van der Waals surface area contributed by atoms with E-state index in [2.05, 4.69) is 16.7 Å². The molecule has 1 aromatic rings. The quantitative estimate of drug-likeness (QED) is 0.831. The highest BCUT2D eigenvalue weighted by atomic mass is 19.1. The second-order valence-electron chi connectivity index (χ2n) is 4.71. The lowest BCUT2D eigenvalue weighted by atomic mass is 10.0. The van der Waals surface area contributed by atoms with Crippen LogP contribution in [0.15, 0.2) is 30.4 Å². The Kier molecular flexibility index (Phi) is 4.72. The van der Waals surface area contributed by atoms with Crippen molar-refractivity contribution in [2.75, 3.05) is 0 Å². The number of allylic oxidation sites excluding steroid dienone is 1. The van der Waals surface area contributed by atoms with Crippen molar-refractivity contribution in [2.45, 2.75) is 31.8 Å². The predicted molar refractivity (Wildman–Crippen MR) is 73.3 cm³/mol. The van der Waals surface area contributed by atoms with E-state index in [0.29, 0.717) is 5.56 Å². The van der Waals surface area contributed by atoms with Crippen molar-refractivity contribution in [3.05, 3.63) is 47.3 Å². The zero-order chi connectivity index (χ0) is 14.4. The van der Waals surface area contributed by atoms with E-state index in [1.54, 1.807) is 0 Å². The molecule has 1 atom stereocenters. The molecule has 0 heterocycles. The Labute approximate surface area is 117 Å². The first-order valence-corrected chi connectivity index (χ1v) is 6.58. The minimum atomic E-state index is -0.484. The average Bonchev–Trinajstić information content (AvgIpc) is 2.47. The molecule has 0 saturated carbocycles. The number of urea groups is 1. The Morgan fingerprint density at radius 1 is 1.50 bits per heavy atom. The fourth-order valence-electron chi connectivity index (χ4n) is 2.09. The van der Waals surface area contributed by atoms with Gasteiger partial charge in [-0.15, -0.1) is 0 Å². The lowest BCUT2D eigenvalue weighted by molar-refractivity contribution is 0.237. The van der Waals surface area contributed by atoms with Crippen LogP contribution in [-0.2, 0) is 6.54 Å². The molecule has 104 valence electrons. The van der Waals surface area contributed by atoms with Gasteiger partial charge in [-0.25, -0.2) is 9.18 Å². The van der Waals surface area contributed by atoms with Gasteiger partial charge in [-0.3, -0.25) is 0 Å². The second kappa shape index (κ2) is 6.71. The fraction of sp³-hybridized carbons (Fsp3) is 0.333. The third-order valence-electron chi connectivity index (χ3n) is 3.19. The van der Waals surface area contributed by atoms with Gasteiger partial charge in [0.15, 0.2) is 0 Å². The molecule has 0 radical (unpaired) electrons. The zero-order valence-electron chi connectivity index (χ0n) is 11.0. The van der Waals surface area contributed by atoms with E-state index in [1.165, 1.54) is 18.2 Å². The van der Waals surface area contributed by atoms with Crippen LogP contribution >= 0.6 is 0 Å². The molecule has 20 heavy (non-hydrogen) atoms. The van der Waals surface area contributed by atoms with Crippen LogP contribution in [0, 0.1) is 17.1 Å². The van der Waals surface area contributed by atoms with E-state index in [0.717, 1.165) is 19.3 Å². The smallest absolute Gasteiger partial charge is 0.315 e. The minimum absolute atomic E-state index is 0.0505. The van der Waals surface area contributed by atoms with Gasteiger partial charge in [0.2, 0.25) is 0 Å². The van der Waals surface area contributed by atoms with Crippen LogP contribution in [-0.4, -0.2) is 12.1 Å². The number of nitrogens with zero attached hydrogens (tertiary/aromatic N) is 1. The number of carbonyl (C=O) groups excluding carboxylic acids is 1. The number of rotatable bonds is 3. The Balaban J connectivity index is 1.85. The van der Waals surface area contributed by atoms with Crippen LogP contribution in [0.25, 0.3) is 0 Å². The Morgan fingerprint density at radius 2 is 2.35 bits per heavy atom. The summed E-state index contributed by atoms with van der Waals surface area (Å²) >= 11 is 0. The van der Waals surface area contributed by atoms with Crippen molar-refractivity contribution in [3.8, 4) is 6.07 Å². The van der Waals surface area contributed by atoms with Crippen molar-refractivity contribution in [1.29, 1.82) is 5.26 Å². The number of nitrogens with one attached hydrogen (secondary N) is 2. The number of benzene rings is 1. The van der Waals surface area contributed by atoms with Gasteiger partial charge in [0.25, 0.3) is 0 Å². The highest BCUT2D eigenvalue weighted by Gasteiger charge is 2.11. The van der Waals surface area contributed by atoms with Gasteiger partial charge in [-0.05, 0) is 31.4 Å². The summed E-state index contributed by atoms with van der Waals surface area (Å²) in [6, 6.07) is 5.81. The summed E-state index contributed by atoms with van der Waals surface area (Å²) < 4.78 is 13.6. The molecular formula is C15H16FN3O. The van der Waals surface area contributed by atoms with E-state index in [9.17, 15) is 9.18 Å². The Morgan fingerprint density at radius 3 is 3.00 bits per heavy atom. The first-order valence-electron chi connectivity index (χ1n) is 6.58. The Bertz CT molecular complexity index is 563. The average molecular weight is 273 g/mol. The molecule has 5 heteroatoms. The first kappa shape index (κ1) is 14.1. The third-order valence-corrected chi connectivity index (χ3v) is 3.19. The lowest BCUT2D eigenvalue weighted by Crippen LogP contribution is -2.41. The maximum Gasteiger partial charge on any atom is 0.315 e. The monoisotopic (exact) mass is 273 g/mol. The van der Waals surface area contributed by atoms with E-state index < -0.39 is 5.82 Å². The largest absolute Gasteiger partial charge is 0.334 e. The molecule has 0 unspecified atom stereocenters. The van der Waals surface area contributed by atoms with Crippen molar-refractivity contribution in [2.24, 2.45) is 0 Å². The molecule has 2 amide bonds. The Hall–Kier alpha value is -2.35.